The second-order valence-corrected chi connectivity index (χ2v) is 4.48. The van der Waals surface area contributed by atoms with Gasteiger partial charge in [-0.15, -0.1) is 0 Å². The number of aromatic nitrogens is 2. The highest BCUT2D eigenvalue weighted by atomic mass is 19.1. The van der Waals surface area contributed by atoms with Gasteiger partial charge in [-0.25, -0.2) is 20.2 Å². The molecule has 3 aromatic rings. The molecule has 0 fully saturated rings. The van der Waals surface area contributed by atoms with E-state index in [0.29, 0.717) is 11.6 Å². The van der Waals surface area contributed by atoms with E-state index in [0.717, 1.165) is 16.8 Å². The average Bonchev–Trinajstić information content (AvgIpc) is 2.56. The minimum absolute atomic E-state index is 0.296. The van der Waals surface area contributed by atoms with E-state index >= 15 is 0 Å². The maximum absolute atomic E-state index is 13.0. The quantitative estimate of drug-likeness (QED) is 0.571. The topological polar surface area (TPSA) is 63.8 Å². The van der Waals surface area contributed by atoms with Gasteiger partial charge in [0, 0.05) is 17.2 Å². The van der Waals surface area contributed by atoms with Gasteiger partial charge in [0.05, 0.1) is 5.69 Å². The highest BCUT2D eigenvalue weighted by Crippen LogP contribution is 2.24. The summed E-state index contributed by atoms with van der Waals surface area (Å²) in [6.45, 7) is 0. The van der Waals surface area contributed by atoms with Gasteiger partial charge in [-0.1, -0.05) is 30.3 Å². The van der Waals surface area contributed by atoms with Gasteiger partial charge in [-0.2, -0.15) is 0 Å². The molecule has 3 N–H and O–H groups in total. The van der Waals surface area contributed by atoms with Crippen molar-refractivity contribution < 1.29 is 4.39 Å². The number of halogens is 1. The Hall–Kier alpha value is -2.79. The van der Waals surface area contributed by atoms with Crippen molar-refractivity contribution in [2.45, 2.75) is 0 Å². The summed E-state index contributed by atoms with van der Waals surface area (Å²) in [5, 5.41) is 0. The van der Waals surface area contributed by atoms with Gasteiger partial charge < -0.3 is 5.43 Å². The Labute approximate surface area is 121 Å². The third kappa shape index (κ3) is 2.88. The van der Waals surface area contributed by atoms with Crippen LogP contribution in [-0.4, -0.2) is 9.97 Å². The molecule has 3 rings (SSSR count). The van der Waals surface area contributed by atoms with Crippen LogP contribution in [0.4, 0.5) is 10.2 Å². The maximum atomic E-state index is 13.0. The van der Waals surface area contributed by atoms with E-state index in [1.54, 1.807) is 18.2 Å². The van der Waals surface area contributed by atoms with Gasteiger partial charge >= 0.3 is 0 Å². The average molecular weight is 280 g/mol. The molecule has 2 aromatic carbocycles. The monoisotopic (exact) mass is 280 g/mol. The van der Waals surface area contributed by atoms with E-state index in [2.05, 4.69) is 15.4 Å². The first kappa shape index (κ1) is 13.2. The Balaban J connectivity index is 2.11. The fourth-order valence-corrected chi connectivity index (χ4v) is 2.01. The third-order valence-electron chi connectivity index (χ3n) is 3.05. The summed E-state index contributed by atoms with van der Waals surface area (Å²) in [7, 11) is 0. The number of hydrogen-bond acceptors (Lipinski definition) is 4. The summed E-state index contributed by atoms with van der Waals surface area (Å²) in [5.41, 5.74) is 4.97. The molecule has 1 heterocycles. The van der Waals surface area contributed by atoms with Crippen LogP contribution in [0.3, 0.4) is 0 Å². The molecule has 0 aliphatic heterocycles. The molecule has 0 radical (unpaired) electrons. The van der Waals surface area contributed by atoms with Crippen molar-refractivity contribution in [2.75, 3.05) is 5.43 Å². The number of nitrogens with two attached hydrogens (primary N) is 1. The Morgan fingerprint density at radius 1 is 0.857 bits per heavy atom. The lowest BCUT2D eigenvalue weighted by atomic mass is 10.1. The SMILES string of the molecule is NNc1cc(-c2ccccc2)nc(-c2ccc(F)cc2)n1. The number of rotatable bonds is 3. The summed E-state index contributed by atoms with van der Waals surface area (Å²) < 4.78 is 13.0. The zero-order chi connectivity index (χ0) is 14.7. The lowest BCUT2D eigenvalue weighted by Gasteiger charge is -2.08. The number of benzene rings is 2. The van der Waals surface area contributed by atoms with Crippen molar-refractivity contribution >= 4 is 5.82 Å². The van der Waals surface area contributed by atoms with Crippen LogP contribution in [0.15, 0.2) is 60.7 Å². The number of nitrogen functional groups attached to an aromatic ring is 1. The summed E-state index contributed by atoms with van der Waals surface area (Å²) >= 11 is 0. The zero-order valence-electron chi connectivity index (χ0n) is 11.1. The van der Waals surface area contributed by atoms with E-state index in [-0.39, 0.29) is 5.82 Å². The zero-order valence-corrected chi connectivity index (χ0v) is 11.1. The van der Waals surface area contributed by atoms with Crippen LogP contribution < -0.4 is 11.3 Å². The highest BCUT2D eigenvalue weighted by molar-refractivity contribution is 5.67. The molecule has 0 unspecified atom stereocenters. The molecule has 21 heavy (non-hydrogen) atoms. The predicted molar refractivity (Wildman–Crippen MR) is 80.7 cm³/mol. The second kappa shape index (κ2) is 5.68. The number of nitrogens with zero attached hydrogens (tertiary/aromatic N) is 2. The molecule has 0 bridgehead atoms. The van der Waals surface area contributed by atoms with E-state index in [9.17, 15) is 4.39 Å². The van der Waals surface area contributed by atoms with E-state index in [4.69, 9.17) is 5.84 Å². The summed E-state index contributed by atoms with van der Waals surface area (Å²) in [4.78, 5) is 8.83. The lowest BCUT2D eigenvalue weighted by molar-refractivity contribution is 0.628. The largest absolute Gasteiger partial charge is 0.308 e. The fourth-order valence-electron chi connectivity index (χ4n) is 2.01. The Kier molecular flexibility index (Phi) is 3.57. The van der Waals surface area contributed by atoms with Crippen molar-refractivity contribution in [3.63, 3.8) is 0 Å². The molecule has 104 valence electrons. The Morgan fingerprint density at radius 2 is 1.57 bits per heavy atom. The number of hydrazine groups is 1. The van der Waals surface area contributed by atoms with Crippen LogP contribution in [0, 0.1) is 5.82 Å². The van der Waals surface area contributed by atoms with Gasteiger partial charge in [0.25, 0.3) is 0 Å². The molecule has 0 atom stereocenters. The molecule has 4 nitrogen and oxygen atoms in total. The summed E-state index contributed by atoms with van der Waals surface area (Å²) in [6.07, 6.45) is 0. The highest BCUT2D eigenvalue weighted by Gasteiger charge is 2.08. The van der Waals surface area contributed by atoms with Crippen LogP contribution in [0.25, 0.3) is 22.6 Å². The van der Waals surface area contributed by atoms with Gasteiger partial charge in [-0.3, -0.25) is 0 Å². The molecule has 0 spiro atoms. The maximum Gasteiger partial charge on any atom is 0.162 e. The van der Waals surface area contributed by atoms with Crippen molar-refractivity contribution in [1.82, 2.24) is 9.97 Å². The van der Waals surface area contributed by atoms with Crippen molar-refractivity contribution in [3.8, 4) is 22.6 Å². The van der Waals surface area contributed by atoms with Gasteiger partial charge in [-0.05, 0) is 24.3 Å². The normalized spacial score (nSPS) is 10.4. The van der Waals surface area contributed by atoms with Gasteiger partial charge in [0.15, 0.2) is 5.82 Å². The molecule has 1 aromatic heterocycles. The van der Waals surface area contributed by atoms with Crippen LogP contribution >= 0.6 is 0 Å². The Morgan fingerprint density at radius 3 is 2.24 bits per heavy atom. The van der Waals surface area contributed by atoms with Crippen molar-refractivity contribution in [1.29, 1.82) is 0 Å². The summed E-state index contributed by atoms with van der Waals surface area (Å²) in [5.74, 6) is 6.16. The molecule has 0 amide bonds. The lowest BCUT2D eigenvalue weighted by Crippen LogP contribution is -2.10. The second-order valence-electron chi connectivity index (χ2n) is 4.48. The first-order valence-electron chi connectivity index (χ1n) is 6.43. The molecule has 0 saturated heterocycles. The van der Waals surface area contributed by atoms with Crippen molar-refractivity contribution in [2.24, 2.45) is 5.84 Å². The van der Waals surface area contributed by atoms with E-state index < -0.39 is 0 Å². The van der Waals surface area contributed by atoms with Gasteiger partial charge in [0.1, 0.15) is 11.6 Å². The molecule has 0 saturated carbocycles. The van der Waals surface area contributed by atoms with E-state index in [1.807, 2.05) is 30.3 Å². The third-order valence-corrected chi connectivity index (χ3v) is 3.05. The molecule has 0 aliphatic carbocycles. The first-order valence-corrected chi connectivity index (χ1v) is 6.43. The minimum atomic E-state index is -0.296. The van der Waals surface area contributed by atoms with Gasteiger partial charge in [0.2, 0.25) is 0 Å². The van der Waals surface area contributed by atoms with Crippen LogP contribution in [0.1, 0.15) is 0 Å². The fraction of sp³-hybridized carbons (Fsp3) is 0. The summed E-state index contributed by atoms with van der Waals surface area (Å²) in [6, 6.07) is 17.5. The first-order chi connectivity index (χ1) is 10.3. The van der Waals surface area contributed by atoms with Crippen LogP contribution in [0.2, 0.25) is 0 Å². The minimum Gasteiger partial charge on any atom is -0.308 e. The predicted octanol–water partition coefficient (Wildman–Crippen LogP) is 3.24. The molecular weight excluding hydrogens is 267 g/mol. The molecule has 5 heteroatoms. The number of nitrogens with one attached hydrogen (secondary N) is 1. The smallest absolute Gasteiger partial charge is 0.162 e. The van der Waals surface area contributed by atoms with Crippen LogP contribution in [0.5, 0.6) is 0 Å². The standard InChI is InChI=1S/C16H13FN4/c17-13-8-6-12(7-9-13)16-19-14(10-15(20-16)21-18)11-4-2-1-3-5-11/h1-10H,18H2,(H,19,20,21). The number of anilines is 1. The molecular formula is C16H13FN4. The van der Waals surface area contributed by atoms with Crippen LogP contribution in [-0.2, 0) is 0 Å². The Bertz CT molecular complexity index is 742. The molecule has 0 aliphatic rings. The number of hydrogen-bond donors (Lipinski definition) is 2. The van der Waals surface area contributed by atoms with E-state index in [1.165, 1.54) is 12.1 Å². The van der Waals surface area contributed by atoms with Crippen molar-refractivity contribution in [3.05, 3.63) is 66.5 Å².